The summed E-state index contributed by atoms with van der Waals surface area (Å²) >= 11 is 0. The van der Waals surface area contributed by atoms with Gasteiger partial charge in [-0.15, -0.1) is 0 Å². The van der Waals surface area contributed by atoms with E-state index in [4.69, 9.17) is 4.42 Å². The van der Waals surface area contributed by atoms with Gasteiger partial charge in [-0.05, 0) is 42.2 Å². The Labute approximate surface area is 100 Å². The van der Waals surface area contributed by atoms with Crippen molar-refractivity contribution in [2.45, 2.75) is 26.7 Å². The van der Waals surface area contributed by atoms with E-state index in [-0.39, 0.29) is 0 Å². The molecule has 0 saturated heterocycles. The number of aromatic nitrogens is 1. The Balaban J connectivity index is 2.34. The van der Waals surface area contributed by atoms with Gasteiger partial charge in [-0.25, -0.2) is 0 Å². The summed E-state index contributed by atoms with van der Waals surface area (Å²) in [7, 11) is 0. The molecular formula is C15H15NO. The second-order valence-corrected chi connectivity index (χ2v) is 4.33. The first-order valence-electron chi connectivity index (χ1n) is 6.12. The molecule has 0 aliphatic carbocycles. The lowest BCUT2D eigenvalue weighted by Crippen LogP contribution is -1.82. The number of furan rings is 1. The van der Waals surface area contributed by atoms with Gasteiger partial charge >= 0.3 is 0 Å². The number of pyridine rings is 1. The first-order valence-corrected chi connectivity index (χ1v) is 6.12. The largest absolute Gasteiger partial charge is 0.454 e. The molecule has 2 heterocycles. The molecule has 2 heteroatoms. The molecule has 0 amide bonds. The van der Waals surface area contributed by atoms with E-state index in [2.05, 4.69) is 37.0 Å². The third-order valence-electron chi connectivity index (χ3n) is 3.24. The molecule has 0 unspecified atom stereocenters. The van der Waals surface area contributed by atoms with E-state index in [1.165, 1.54) is 11.1 Å². The van der Waals surface area contributed by atoms with Crippen LogP contribution in [0.25, 0.3) is 22.1 Å². The van der Waals surface area contributed by atoms with Gasteiger partial charge in [0.25, 0.3) is 0 Å². The van der Waals surface area contributed by atoms with Crippen LogP contribution in [0.4, 0.5) is 0 Å². The fourth-order valence-electron chi connectivity index (χ4n) is 2.15. The van der Waals surface area contributed by atoms with Gasteiger partial charge in [0.1, 0.15) is 11.1 Å². The van der Waals surface area contributed by atoms with Crippen LogP contribution in [0.1, 0.15) is 25.0 Å². The molecule has 0 atom stereocenters. The molecule has 0 bridgehead atoms. The highest BCUT2D eigenvalue weighted by molar-refractivity contribution is 6.02. The van der Waals surface area contributed by atoms with Crippen molar-refractivity contribution in [1.82, 2.24) is 4.98 Å². The van der Waals surface area contributed by atoms with Gasteiger partial charge in [0, 0.05) is 11.6 Å². The number of nitrogens with zero attached hydrogens (tertiary/aromatic N) is 1. The molecule has 2 nitrogen and oxygen atoms in total. The minimum atomic E-state index is 0.896. The molecule has 3 rings (SSSR count). The van der Waals surface area contributed by atoms with Crippen molar-refractivity contribution >= 4 is 22.1 Å². The standard InChI is InChI=1S/C15H15NO/c1-3-10-5-6-13-12(7-10)15-14(17-13)8-11(4-2)9-16-15/h5-9H,3-4H2,1-2H3. The van der Waals surface area contributed by atoms with Crippen LogP contribution in [0, 0.1) is 0 Å². The fourth-order valence-corrected chi connectivity index (χ4v) is 2.15. The van der Waals surface area contributed by atoms with Crippen molar-refractivity contribution in [1.29, 1.82) is 0 Å². The molecular weight excluding hydrogens is 210 g/mol. The van der Waals surface area contributed by atoms with E-state index in [9.17, 15) is 0 Å². The van der Waals surface area contributed by atoms with Crippen molar-refractivity contribution in [2.24, 2.45) is 0 Å². The van der Waals surface area contributed by atoms with Gasteiger partial charge in [0.2, 0.25) is 0 Å². The third-order valence-corrected chi connectivity index (χ3v) is 3.24. The second kappa shape index (κ2) is 3.88. The number of rotatable bonds is 2. The van der Waals surface area contributed by atoms with Crippen LogP contribution in [0.15, 0.2) is 34.9 Å². The summed E-state index contributed by atoms with van der Waals surface area (Å²) in [5, 5.41) is 1.13. The van der Waals surface area contributed by atoms with Crippen LogP contribution in [-0.2, 0) is 12.8 Å². The lowest BCUT2D eigenvalue weighted by Gasteiger charge is -1.95. The monoisotopic (exact) mass is 225 g/mol. The van der Waals surface area contributed by atoms with Crippen molar-refractivity contribution in [3.05, 3.63) is 41.6 Å². The van der Waals surface area contributed by atoms with Crippen LogP contribution in [0.5, 0.6) is 0 Å². The quantitative estimate of drug-likeness (QED) is 0.656. The van der Waals surface area contributed by atoms with Crippen molar-refractivity contribution in [3.8, 4) is 0 Å². The molecule has 0 aliphatic heterocycles. The molecule has 2 aromatic heterocycles. The second-order valence-electron chi connectivity index (χ2n) is 4.33. The molecule has 0 fully saturated rings. The van der Waals surface area contributed by atoms with Crippen molar-refractivity contribution < 1.29 is 4.42 Å². The van der Waals surface area contributed by atoms with E-state index < -0.39 is 0 Å². The van der Waals surface area contributed by atoms with Gasteiger partial charge in [0.15, 0.2) is 5.58 Å². The summed E-state index contributed by atoms with van der Waals surface area (Å²) in [6, 6.07) is 8.43. The molecule has 0 aliphatic rings. The number of benzene rings is 1. The molecule has 0 saturated carbocycles. The average Bonchev–Trinajstić information content (AvgIpc) is 2.74. The Bertz CT molecular complexity index is 682. The maximum absolute atomic E-state index is 5.83. The molecule has 0 radical (unpaired) electrons. The number of hydrogen-bond acceptors (Lipinski definition) is 2. The molecule has 86 valence electrons. The minimum absolute atomic E-state index is 0.896. The first-order chi connectivity index (χ1) is 8.31. The van der Waals surface area contributed by atoms with Crippen LogP contribution in [0.3, 0.4) is 0 Å². The zero-order chi connectivity index (χ0) is 11.8. The lowest BCUT2D eigenvalue weighted by atomic mass is 10.1. The van der Waals surface area contributed by atoms with Gasteiger partial charge in [-0.1, -0.05) is 19.9 Å². The first kappa shape index (κ1) is 10.3. The Hall–Kier alpha value is -1.83. The normalized spacial score (nSPS) is 11.4. The van der Waals surface area contributed by atoms with Gasteiger partial charge in [-0.2, -0.15) is 0 Å². The van der Waals surface area contributed by atoms with Crippen molar-refractivity contribution in [3.63, 3.8) is 0 Å². The summed E-state index contributed by atoms with van der Waals surface area (Å²) in [5.41, 5.74) is 5.34. The van der Waals surface area contributed by atoms with Crippen LogP contribution >= 0.6 is 0 Å². The Morgan fingerprint density at radius 2 is 1.82 bits per heavy atom. The van der Waals surface area contributed by atoms with Crippen LogP contribution in [0.2, 0.25) is 0 Å². The maximum atomic E-state index is 5.83. The summed E-state index contributed by atoms with van der Waals surface area (Å²) in [6.07, 6.45) is 3.96. The van der Waals surface area contributed by atoms with Gasteiger partial charge in [0.05, 0.1) is 0 Å². The molecule has 0 spiro atoms. The smallest absolute Gasteiger partial charge is 0.154 e. The predicted molar refractivity (Wildman–Crippen MR) is 70.3 cm³/mol. The molecule has 3 aromatic rings. The van der Waals surface area contributed by atoms with Gasteiger partial charge in [-0.3, -0.25) is 4.98 Å². The van der Waals surface area contributed by atoms with Crippen LogP contribution < -0.4 is 0 Å². The molecule has 1 aromatic carbocycles. The topological polar surface area (TPSA) is 26.0 Å². The maximum Gasteiger partial charge on any atom is 0.154 e. The summed E-state index contributed by atoms with van der Waals surface area (Å²) in [4.78, 5) is 4.52. The Morgan fingerprint density at radius 1 is 1.00 bits per heavy atom. The fraction of sp³-hybridized carbons (Fsp3) is 0.267. The highest BCUT2D eigenvalue weighted by Gasteiger charge is 2.08. The van der Waals surface area contributed by atoms with E-state index in [0.717, 1.165) is 34.9 Å². The van der Waals surface area contributed by atoms with E-state index in [1.54, 1.807) is 0 Å². The van der Waals surface area contributed by atoms with E-state index in [1.807, 2.05) is 12.3 Å². The Morgan fingerprint density at radius 3 is 2.59 bits per heavy atom. The highest BCUT2D eigenvalue weighted by Crippen LogP contribution is 2.28. The van der Waals surface area contributed by atoms with Gasteiger partial charge < -0.3 is 4.42 Å². The molecule has 0 N–H and O–H groups in total. The average molecular weight is 225 g/mol. The van der Waals surface area contributed by atoms with Crippen molar-refractivity contribution in [2.75, 3.05) is 0 Å². The van der Waals surface area contributed by atoms with E-state index >= 15 is 0 Å². The predicted octanol–water partition coefficient (Wildman–Crippen LogP) is 4.11. The van der Waals surface area contributed by atoms with Crippen LogP contribution in [-0.4, -0.2) is 4.98 Å². The minimum Gasteiger partial charge on any atom is -0.454 e. The summed E-state index contributed by atoms with van der Waals surface area (Å²) in [6.45, 7) is 4.28. The zero-order valence-corrected chi connectivity index (χ0v) is 10.2. The number of fused-ring (bicyclic) bond motifs is 3. The summed E-state index contributed by atoms with van der Waals surface area (Å²) in [5.74, 6) is 0. The zero-order valence-electron chi connectivity index (χ0n) is 10.2. The van der Waals surface area contributed by atoms with E-state index in [0.29, 0.717) is 0 Å². The lowest BCUT2D eigenvalue weighted by molar-refractivity contribution is 0.667. The summed E-state index contributed by atoms with van der Waals surface area (Å²) < 4.78 is 5.83. The Kier molecular flexibility index (Phi) is 2.36. The molecule has 17 heavy (non-hydrogen) atoms. The highest BCUT2D eigenvalue weighted by atomic mass is 16.3. The number of aryl methyl sites for hydroxylation is 2. The third kappa shape index (κ3) is 1.60. The SMILES string of the molecule is CCc1cnc2c(c1)oc1ccc(CC)cc12. The number of hydrogen-bond donors (Lipinski definition) is 0.